The van der Waals surface area contributed by atoms with Crippen molar-refractivity contribution < 1.29 is 4.79 Å². The zero-order chi connectivity index (χ0) is 8.27. The predicted octanol–water partition coefficient (Wildman–Crippen LogP) is 1.91. The molecule has 1 atom stereocenters. The van der Waals surface area contributed by atoms with Crippen LogP contribution in [0.2, 0.25) is 0 Å². The molecular weight excluding hydrogens is 138 g/mol. The second-order valence-electron chi connectivity index (χ2n) is 3.29. The summed E-state index contributed by atoms with van der Waals surface area (Å²) in [6, 6.07) is 2.24. The number of rotatable bonds is 1. The Morgan fingerprint density at radius 1 is 1.55 bits per heavy atom. The van der Waals surface area contributed by atoms with Gasteiger partial charge in [-0.15, -0.1) is 0 Å². The molecule has 0 saturated heterocycles. The van der Waals surface area contributed by atoms with Crippen molar-refractivity contribution in [3.8, 4) is 6.07 Å². The first-order valence-corrected chi connectivity index (χ1v) is 4.15. The first-order chi connectivity index (χ1) is 5.24. The molecule has 0 N–H and O–H groups in total. The van der Waals surface area contributed by atoms with E-state index in [0.29, 0.717) is 24.5 Å². The van der Waals surface area contributed by atoms with Crippen LogP contribution < -0.4 is 0 Å². The molecule has 11 heavy (non-hydrogen) atoms. The lowest BCUT2D eigenvalue weighted by Gasteiger charge is -2.22. The molecular formula is C9H13NO. The van der Waals surface area contributed by atoms with Gasteiger partial charge in [0.15, 0.2) is 0 Å². The number of nitrogens with zero attached hydrogens (tertiary/aromatic N) is 1. The molecule has 0 amide bonds. The SMILES string of the molecule is CC(C#N)C1CCC(=O)CC1. The Morgan fingerprint density at radius 2 is 2.09 bits per heavy atom. The fraction of sp³-hybridized carbons (Fsp3) is 0.778. The monoisotopic (exact) mass is 151 g/mol. The van der Waals surface area contributed by atoms with Crippen molar-refractivity contribution in [1.29, 1.82) is 5.26 Å². The maximum Gasteiger partial charge on any atom is 0.132 e. The van der Waals surface area contributed by atoms with Crippen molar-refractivity contribution in [2.24, 2.45) is 11.8 Å². The topological polar surface area (TPSA) is 40.9 Å². The van der Waals surface area contributed by atoms with Crippen molar-refractivity contribution in [1.82, 2.24) is 0 Å². The molecule has 1 saturated carbocycles. The van der Waals surface area contributed by atoms with Gasteiger partial charge in [-0.2, -0.15) is 5.26 Å². The summed E-state index contributed by atoms with van der Waals surface area (Å²) in [6.45, 7) is 1.94. The summed E-state index contributed by atoms with van der Waals surface area (Å²) in [4.78, 5) is 10.8. The molecule has 0 spiro atoms. The predicted molar refractivity (Wildman–Crippen MR) is 41.7 cm³/mol. The summed E-state index contributed by atoms with van der Waals surface area (Å²) < 4.78 is 0. The number of ketones is 1. The summed E-state index contributed by atoms with van der Waals surface area (Å²) in [5.74, 6) is 0.965. The summed E-state index contributed by atoms with van der Waals surface area (Å²) in [6.07, 6.45) is 3.23. The maximum absolute atomic E-state index is 10.8. The Balaban J connectivity index is 2.40. The summed E-state index contributed by atoms with van der Waals surface area (Å²) in [5, 5.41) is 8.62. The Kier molecular flexibility index (Phi) is 2.64. The number of Topliss-reactive ketones (excluding diaryl/α,β-unsaturated/α-hetero) is 1. The van der Waals surface area contributed by atoms with Crippen molar-refractivity contribution in [3.05, 3.63) is 0 Å². The molecule has 0 aromatic heterocycles. The Labute approximate surface area is 67.2 Å². The van der Waals surface area contributed by atoms with Gasteiger partial charge in [-0.25, -0.2) is 0 Å². The fourth-order valence-electron chi connectivity index (χ4n) is 1.57. The third-order valence-electron chi connectivity index (χ3n) is 2.50. The molecule has 0 radical (unpaired) electrons. The van der Waals surface area contributed by atoms with Gasteiger partial charge in [-0.3, -0.25) is 4.79 Å². The number of carbonyl (C=O) groups is 1. The van der Waals surface area contributed by atoms with Gasteiger partial charge in [0.25, 0.3) is 0 Å². The van der Waals surface area contributed by atoms with Crippen LogP contribution in [0.4, 0.5) is 0 Å². The van der Waals surface area contributed by atoms with Crippen LogP contribution in [0, 0.1) is 23.2 Å². The van der Waals surface area contributed by atoms with Crippen LogP contribution in [-0.2, 0) is 4.79 Å². The van der Waals surface area contributed by atoms with E-state index < -0.39 is 0 Å². The number of hydrogen-bond acceptors (Lipinski definition) is 2. The lowest BCUT2D eigenvalue weighted by Crippen LogP contribution is -2.18. The molecule has 0 aromatic rings. The molecule has 0 bridgehead atoms. The van der Waals surface area contributed by atoms with Crippen LogP contribution in [0.5, 0.6) is 0 Å². The van der Waals surface area contributed by atoms with Crippen LogP contribution in [-0.4, -0.2) is 5.78 Å². The molecule has 2 nitrogen and oxygen atoms in total. The zero-order valence-electron chi connectivity index (χ0n) is 6.84. The molecule has 0 aromatic carbocycles. The minimum Gasteiger partial charge on any atom is -0.300 e. The van der Waals surface area contributed by atoms with E-state index in [1.54, 1.807) is 0 Å². The summed E-state index contributed by atoms with van der Waals surface area (Å²) in [5.41, 5.74) is 0. The first kappa shape index (κ1) is 8.26. The van der Waals surface area contributed by atoms with Crippen LogP contribution in [0.25, 0.3) is 0 Å². The normalized spacial score (nSPS) is 22.7. The highest BCUT2D eigenvalue weighted by Gasteiger charge is 2.22. The first-order valence-electron chi connectivity index (χ1n) is 4.15. The number of hydrogen-bond donors (Lipinski definition) is 0. The van der Waals surface area contributed by atoms with Gasteiger partial charge in [0.2, 0.25) is 0 Å². The van der Waals surface area contributed by atoms with Gasteiger partial charge >= 0.3 is 0 Å². The fourth-order valence-corrected chi connectivity index (χ4v) is 1.57. The van der Waals surface area contributed by atoms with E-state index >= 15 is 0 Å². The van der Waals surface area contributed by atoms with Crippen LogP contribution in [0.1, 0.15) is 32.6 Å². The van der Waals surface area contributed by atoms with Gasteiger partial charge in [-0.1, -0.05) is 0 Å². The summed E-state index contributed by atoms with van der Waals surface area (Å²) in [7, 11) is 0. The van der Waals surface area contributed by atoms with Crippen LogP contribution >= 0.6 is 0 Å². The number of carbonyl (C=O) groups excluding carboxylic acids is 1. The van der Waals surface area contributed by atoms with Crippen molar-refractivity contribution in [2.45, 2.75) is 32.6 Å². The van der Waals surface area contributed by atoms with Crippen molar-refractivity contribution in [2.75, 3.05) is 0 Å². The minimum absolute atomic E-state index is 0.128. The van der Waals surface area contributed by atoms with E-state index in [4.69, 9.17) is 5.26 Å². The molecule has 2 heteroatoms. The minimum atomic E-state index is 0.128. The van der Waals surface area contributed by atoms with Crippen molar-refractivity contribution >= 4 is 5.78 Å². The van der Waals surface area contributed by atoms with E-state index in [0.717, 1.165) is 12.8 Å². The van der Waals surface area contributed by atoms with Gasteiger partial charge in [0.05, 0.1) is 6.07 Å². The highest BCUT2D eigenvalue weighted by atomic mass is 16.1. The van der Waals surface area contributed by atoms with Crippen molar-refractivity contribution in [3.63, 3.8) is 0 Å². The molecule has 1 rings (SSSR count). The Morgan fingerprint density at radius 3 is 2.55 bits per heavy atom. The van der Waals surface area contributed by atoms with E-state index in [9.17, 15) is 4.79 Å². The quantitative estimate of drug-likeness (QED) is 0.574. The summed E-state index contributed by atoms with van der Waals surface area (Å²) >= 11 is 0. The number of nitriles is 1. The lowest BCUT2D eigenvalue weighted by atomic mass is 9.81. The zero-order valence-corrected chi connectivity index (χ0v) is 6.84. The largest absolute Gasteiger partial charge is 0.300 e. The van der Waals surface area contributed by atoms with Gasteiger partial charge in [0.1, 0.15) is 5.78 Å². The van der Waals surface area contributed by atoms with Crippen LogP contribution in [0.3, 0.4) is 0 Å². The third kappa shape index (κ3) is 2.04. The molecule has 1 aliphatic carbocycles. The molecule has 1 fully saturated rings. The van der Waals surface area contributed by atoms with E-state index in [1.165, 1.54) is 0 Å². The molecule has 1 unspecified atom stereocenters. The Bertz CT molecular complexity index is 182. The average Bonchev–Trinajstić information content (AvgIpc) is 2.05. The molecule has 0 aliphatic heterocycles. The van der Waals surface area contributed by atoms with E-state index in [-0.39, 0.29) is 5.92 Å². The van der Waals surface area contributed by atoms with E-state index in [2.05, 4.69) is 6.07 Å². The molecule has 1 aliphatic rings. The molecule has 60 valence electrons. The van der Waals surface area contributed by atoms with Gasteiger partial charge in [0, 0.05) is 18.8 Å². The van der Waals surface area contributed by atoms with Crippen LogP contribution in [0.15, 0.2) is 0 Å². The second kappa shape index (κ2) is 3.52. The highest BCUT2D eigenvalue weighted by molar-refractivity contribution is 5.79. The van der Waals surface area contributed by atoms with Gasteiger partial charge in [-0.05, 0) is 25.7 Å². The maximum atomic E-state index is 10.8. The van der Waals surface area contributed by atoms with E-state index in [1.807, 2.05) is 6.92 Å². The third-order valence-corrected chi connectivity index (χ3v) is 2.50. The van der Waals surface area contributed by atoms with Gasteiger partial charge < -0.3 is 0 Å². The smallest absolute Gasteiger partial charge is 0.132 e. The highest BCUT2D eigenvalue weighted by Crippen LogP contribution is 2.27. The Hall–Kier alpha value is -0.840. The molecule has 0 heterocycles. The average molecular weight is 151 g/mol. The second-order valence-corrected chi connectivity index (χ2v) is 3.29. The lowest BCUT2D eigenvalue weighted by molar-refractivity contribution is -0.121. The standard InChI is InChI=1S/C9H13NO/c1-7(6-10)8-2-4-9(11)5-3-8/h7-8H,2-5H2,1H3.